The predicted molar refractivity (Wildman–Crippen MR) is 85.7 cm³/mol. The topological polar surface area (TPSA) is 64.3 Å². The molecule has 2 rings (SSSR count). The van der Waals surface area contributed by atoms with Crippen LogP contribution in [0.2, 0.25) is 5.02 Å². The number of ether oxygens (including phenoxy) is 1. The molecule has 21 heavy (non-hydrogen) atoms. The molecule has 3 N–H and O–H groups in total. The third kappa shape index (κ3) is 5.00. The number of hydrogen-bond acceptors (Lipinski definition) is 3. The zero-order chi connectivity index (χ0) is 15.1. The second kappa shape index (κ2) is 7.55. The summed E-state index contributed by atoms with van der Waals surface area (Å²) in [6.07, 6.45) is 1.00. The van der Waals surface area contributed by atoms with Gasteiger partial charge in [0.1, 0.15) is 5.75 Å². The molecule has 0 heterocycles. The van der Waals surface area contributed by atoms with Gasteiger partial charge in [0, 0.05) is 11.4 Å². The number of anilines is 2. The molecule has 2 aromatic rings. The highest BCUT2D eigenvalue weighted by Crippen LogP contribution is 2.22. The minimum Gasteiger partial charge on any atom is -0.494 e. The van der Waals surface area contributed by atoms with E-state index in [1.54, 1.807) is 18.2 Å². The summed E-state index contributed by atoms with van der Waals surface area (Å²) in [5.41, 5.74) is 6.81. The molecule has 110 valence electrons. The van der Waals surface area contributed by atoms with E-state index in [9.17, 15) is 4.79 Å². The van der Waals surface area contributed by atoms with Gasteiger partial charge in [-0.25, -0.2) is 0 Å². The lowest BCUT2D eigenvalue weighted by atomic mass is 10.2. The van der Waals surface area contributed by atoms with Crippen LogP contribution in [0.5, 0.6) is 5.75 Å². The van der Waals surface area contributed by atoms with Gasteiger partial charge < -0.3 is 15.8 Å². The van der Waals surface area contributed by atoms with E-state index < -0.39 is 0 Å². The van der Waals surface area contributed by atoms with E-state index in [1.165, 1.54) is 0 Å². The van der Waals surface area contributed by atoms with E-state index in [1.807, 2.05) is 30.3 Å². The molecular weight excluding hydrogens is 288 g/mol. The van der Waals surface area contributed by atoms with E-state index in [2.05, 4.69) is 5.32 Å². The number of carbonyl (C=O) groups is 1. The van der Waals surface area contributed by atoms with Crippen LogP contribution >= 0.6 is 11.6 Å². The summed E-state index contributed by atoms with van der Waals surface area (Å²) in [7, 11) is 0. The minimum absolute atomic E-state index is 0.0966. The van der Waals surface area contributed by atoms with E-state index >= 15 is 0 Å². The van der Waals surface area contributed by atoms with Crippen molar-refractivity contribution in [1.82, 2.24) is 0 Å². The van der Waals surface area contributed by atoms with E-state index in [-0.39, 0.29) is 5.91 Å². The molecule has 0 aliphatic rings. The molecule has 0 spiro atoms. The van der Waals surface area contributed by atoms with Gasteiger partial charge >= 0.3 is 0 Å². The lowest BCUT2D eigenvalue weighted by molar-refractivity contribution is -0.116. The van der Waals surface area contributed by atoms with Crippen molar-refractivity contribution in [3.63, 3.8) is 0 Å². The first-order valence-corrected chi connectivity index (χ1v) is 7.05. The molecule has 0 saturated carbocycles. The van der Waals surface area contributed by atoms with Gasteiger partial charge in [-0.15, -0.1) is 0 Å². The Kier molecular flexibility index (Phi) is 5.46. The molecule has 4 nitrogen and oxygen atoms in total. The second-order valence-corrected chi connectivity index (χ2v) is 4.98. The molecule has 2 aromatic carbocycles. The molecule has 0 atom stereocenters. The highest BCUT2D eigenvalue weighted by Gasteiger charge is 2.05. The first kappa shape index (κ1) is 15.2. The Labute approximate surface area is 128 Å². The van der Waals surface area contributed by atoms with Crippen LogP contribution in [-0.4, -0.2) is 12.5 Å². The van der Waals surface area contributed by atoms with Crippen molar-refractivity contribution >= 4 is 28.9 Å². The number of nitrogens with one attached hydrogen (secondary N) is 1. The normalized spacial score (nSPS) is 10.1. The van der Waals surface area contributed by atoms with Gasteiger partial charge in [-0.2, -0.15) is 0 Å². The molecular formula is C16H17ClN2O2. The summed E-state index contributed by atoms with van der Waals surface area (Å²) in [6, 6.07) is 14.5. The summed E-state index contributed by atoms with van der Waals surface area (Å²) in [6.45, 7) is 0.494. The lowest BCUT2D eigenvalue weighted by Gasteiger charge is -2.09. The van der Waals surface area contributed by atoms with Gasteiger partial charge in [0.2, 0.25) is 5.91 Å². The maximum Gasteiger partial charge on any atom is 0.224 e. The molecule has 0 bridgehead atoms. The van der Waals surface area contributed by atoms with Crippen molar-refractivity contribution in [3.8, 4) is 5.75 Å². The van der Waals surface area contributed by atoms with Crippen LogP contribution < -0.4 is 15.8 Å². The van der Waals surface area contributed by atoms with Crippen LogP contribution in [0.1, 0.15) is 12.8 Å². The smallest absolute Gasteiger partial charge is 0.224 e. The number of amides is 1. The first-order valence-electron chi connectivity index (χ1n) is 6.68. The largest absolute Gasteiger partial charge is 0.494 e. The molecule has 0 saturated heterocycles. The van der Waals surface area contributed by atoms with Crippen LogP contribution in [0.4, 0.5) is 11.4 Å². The van der Waals surface area contributed by atoms with Crippen LogP contribution in [0.25, 0.3) is 0 Å². The zero-order valence-corrected chi connectivity index (χ0v) is 12.3. The summed E-state index contributed by atoms with van der Waals surface area (Å²) >= 11 is 5.80. The maximum absolute atomic E-state index is 11.8. The summed E-state index contributed by atoms with van der Waals surface area (Å²) in [5.74, 6) is 0.709. The number of nitrogen functional groups attached to an aromatic ring is 1. The molecule has 5 heteroatoms. The fourth-order valence-corrected chi connectivity index (χ4v) is 1.98. The second-order valence-electron chi connectivity index (χ2n) is 4.54. The molecule has 0 aromatic heterocycles. The number of nitrogens with two attached hydrogens (primary N) is 1. The quantitative estimate of drug-likeness (QED) is 0.631. The third-order valence-corrected chi connectivity index (χ3v) is 3.08. The van der Waals surface area contributed by atoms with Gasteiger partial charge in [0.05, 0.1) is 18.0 Å². The Morgan fingerprint density at radius 1 is 1.19 bits per heavy atom. The van der Waals surface area contributed by atoms with E-state index in [0.29, 0.717) is 35.8 Å². The fourth-order valence-electron chi connectivity index (χ4n) is 1.80. The molecule has 1 amide bonds. The highest BCUT2D eigenvalue weighted by atomic mass is 35.5. The van der Waals surface area contributed by atoms with Crippen LogP contribution in [0.15, 0.2) is 48.5 Å². The molecule has 0 fully saturated rings. The van der Waals surface area contributed by atoms with E-state index in [0.717, 1.165) is 5.75 Å². The lowest BCUT2D eigenvalue weighted by Crippen LogP contribution is -2.14. The van der Waals surface area contributed by atoms with Crippen molar-refractivity contribution in [2.75, 3.05) is 17.7 Å². The molecule has 0 unspecified atom stereocenters. The monoisotopic (exact) mass is 304 g/mol. The Morgan fingerprint density at radius 2 is 1.95 bits per heavy atom. The van der Waals surface area contributed by atoms with Crippen molar-refractivity contribution < 1.29 is 9.53 Å². The summed E-state index contributed by atoms with van der Waals surface area (Å²) in [4.78, 5) is 11.8. The summed E-state index contributed by atoms with van der Waals surface area (Å²) < 4.78 is 5.52. The molecule has 0 aliphatic heterocycles. The Balaban J connectivity index is 1.72. The standard InChI is InChI=1S/C16H17ClN2O2/c17-12-8-9-15(14(18)11-12)19-16(20)7-4-10-21-13-5-2-1-3-6-13/h1-3,5-6,8-9,11H,4,7,10,18H2,(H,19,20). The summed E-state index contributed by atoms with van der Waals surface area (Å²) in [5, 5.41) is 3.30. The average Bonchev–Trinajstić information content (AvgIpc) is 2.48. The highest BCUT2D eigenvalue weighted by molar-refractivity contribution is 6.31. The Hall–Kier alpha value is -2.20. The molecule has 0 aliphatic carbocycles. The minimum atomic E-state index is -0.0966. The predicted octanol–water partition coefficient (Wildman–Crippen LogP) is 3.72. The van der Waals surface area contributed by atoms with Gasteiger partial charge in [-0.1, -0.05) is 29.8 Å². The number of hydrogen-bond donors (Lipinski definition) is 2. The number of para-hydroxylation sites is 1. The van der Waals surface area contributed by atoms with Crippen LogP contribution in [0, 0.1) is 0 Å². The molecule has 0 radical (unpaired) electrons. The maximum atomic E-state index is 11.8. The van der Waals surface area contributed by atoms with Gasteiger partial charge in [-0.05, 0) is 36.8 Å². The van der Waals surface area contributed by atoms with Gasteiger partial charge in [0.15, 0.2) is 0 Å². The number of rotatable bonds is 6. The zero-order valence-electron chi connectivity index (χ0n) is 11.5. The average molecular weight is 305 g/mol. The fraction of sp³-hybridized carbons (Fsp3) is 0.188. The number of halogens is 1. The number of benzene rings is 2. The Morgan fingerprint density at radius 3 is 2.67 bits per heavy atom. The van der Waals surface area contributed by atoms with Crippen molar-refractivity contribution in [2.24, 2.45) is 0 Å². The van der Waals surface area contributed by atoms with Gasteiger partial charge in [-0.3, -0.25) is 4.79 Å². The third-order valence-electron chi connectivity index (χ3n) is 2.85. The van der Waals surface area contributed by atoms with Crippen molar-refractivity contribution in [3.05, 3.63) is 53.6 Å². The Bertz CT molecular complexity index is 602. The van der Waals surface area contributed by atoms with Crippen molar-refractivity contribution in [2.45, 2.75) is 12.8 Å². The van der Waals surface area contributed by atoms with Crippen LogP contribution in [-0.2, 0) is 4.79 Å². The SMILES string of the molecule is Nc1cc(Cl)ccc1NC(=O)CCCOc1ccccc1. The first-order chi connectivity index (χ1) is 10.1. The number of carbonyl (C=O) groups excluding carboxylic acids is 1. The van der Waals surface area contributed by atoms with Crippen LogP contribution in [0.3, 0.4) is 0 Å². The van der Waals surface area contributed by atoms with E-state index in [4.69, 9.17) is 22.1 Å². The van der Waals surface area contributed by atoms with Gasteiger partial charge in [0.25, 0.3) is 0 Å². The van der Waals surface area contributed by atoms with Crippen molar-refractivity contribution in [1.29, 1.82) is 0 Å².